The van der Waals surface area contributed by atoms with Crippen LogP contribution >= 0.6 is 11.3 Å². The standard InChI is InChI=1S/C14H13N3O2S/c1-18-12-5-4-9(7-10(12)15)16-14-17-11(8-20-14)13-3-2-6-19-13/h2-8H,15H2,1H3,(H,16,17). The molecule has 1 aromatic carbocycles. The van der Waals surface area contributed by atoms with Gasteiger partial charge in [0.2, 0.25) is 0 Å². The fourth-order valence-corrected chi connectivity index (χ4v) is 2.52. The summed E-state index contributed by atoms with van der Waals surface area (Å²) in [6.45, 7) is 0. The highest BCUT2D eigenvalue weighted by molar-refractivity contribution is 7.14. The Morgan fingerprint density at radius 3 is 2.95 bits per heavy atom. The highest BCUT2D eigenvalue weighted by Gasteiger charge is 2.07. The first-order chi connectivity index (χ1) is 9.76. The maximum Gasteiger partial charge on any atom is 0.187 e. The van der Waals surface area contributed by atoms with Gasteiger partial charge in [-0.3, -0.25) is 0 Å². The SMILES string of the molecule is COc1ccc(Nc2nc(-c3ccco3)cs2)cc1N. The molecule has 102 valence electrons. The third kappa shape index (κ3) is 2.46. The van der Waals surface area contributed by atoms with Gasteiger partial charge in [0.1, 0.15) is 11.4 Å². The normalized spacial score (nSPS) is 10.4. The summed E-state index contributed by atoms with van der Waals surface area (Å²) in [6, 6.07) is 9.24. The molecule has 0 aliphatic heterocycles. The Kier molecular flexibility index (Phi) is 3.30. The summed E-state index contributed by atoms with van der Waals surface area (Å²) in [5.74, 6) is 1.41. The van der Waals surface area contributed by atoms with E-state index in [1.165, 1.54) is 11.3 Å². The predicted molar refractivity (Wildman–Crippen MR) is 80.5 cm³/mol. The van der Waals surface area contributed by atoms with Crippen LogP contribution in [0.25, 0.3) is 11.5 Å². The van der Waals surface area contributed by atoms with Gasteiger partial charge in [0, 0.05) is 11.1 Å². The summed E-state index contributed by atoms with van der Waals surface area (Å²) in [5.41, 5.74) is 8.13. The van der Waals surface area contributed by atoms with Gasteiger partial charge in [0.05, 0.1) is 19.1 Å². The van der Waals surface area contributed by atoms with Crippen molar-refractivity contribution in [2.24, 2.45) is 0 Å². The number of thiazole rings is 1. The van der Waals surface area contributed by atoms with Crippen molar-refractivity contribution in [3.8, 4) is 17.2 Å². The summed E-state index contributed by atoms with van der Waals surface area (Å²) in [7, 11) is 1.59. The average Bonchev–Trinajstić information content (AvgIpc) is 3.09. The Hall–Kier alpha value is -2.47. The van der Waals surface area contributed by atoms with Gasteiger partial charge in [-0.05, 0) is 30.3 Å². The van der Waals surface area contributed by atoms with Crippen LogP contribution in [0.4, 0.5) is 16.5 Å². The second kappa shape index (κ2) is 5.26. The molecule has 3 aromatic rings. The highest BCUT2D eigenvalue weighted by Crippen LogP contribution is 2.30. The van der Waals surface area contributed by atoms with Crippen LogP contribution < -0.4 is 15.8 Å². The van der Waals surface area contributed by atoms with E-state index in [0.717, 1.165) is 22.3 Å². The molecular formula is C14H13N3O2S. The number of benzene rings is 1. The summed E-state index contributed by atoms with van der Waals surface area (Å²) >= 11 is 1.50. The first-order valence-electron chi connectivity index (χ1n) is 5.96. The maximum atomic E-state index is 5.87. The van der Waals surface area contributed by atoms with E-state index in [9.17, 15) is 0 Å². The number of nitrogen functional groups attached to an aromatic ring is 1. The van der Waals surface area contributed by atoms with Gasteiger partial charge in [-0.1, -0.05) is 0 Å². The topological polar surface area (TPSA) is 73.3 Å². The Morgan fingerprint density at radius 2 is 2.25 bits per heavy atom. The molecule has 2 aromatic heterocycles. The van der Waals surface area contributed by atoms with Crippen LogP contribution in [0.5, 0.6) is 5.75 Å². The molecule has 0 saturated heterocycles. The number of aromatic nitrogens is 1. The molecule has 3 N–H and O–H groups in total. The Bertz CT molecular complexity index is 707. The van der Waals surface area contributed by atoms with Crippen molar-refractivity contribution in [3.05, 3.63) is 42.0 Å². The fraction of sp³-hybridized carbons (Fsp3) is 0.0714. The van der Waals surface area contributed by atoms with E-state index < -0.39 is 0 Å². The number of hydrogen-bond acceptors (Lipinski definition) is 6. The van der Waals surface area contributed by atoms with Crippen molar-refractivity contribution in [1.29, 1.82) is 0 Å². The third-order valence-corrected chi connectivity index (χ3v) is 3.52. The number of nitrogens with two attached hydrogens (primary N) is 1. The zero-order chi connectivity index (χ0) is 13.9. The number of nitrogens with one attached hydrogen (secondary N) is 1. The van der Waals surface area contributed by atoms with Crippen molar-refractivity contribution >= 4 is 27.8 Å². The molecule has 0 amide bonds. The van der Waals surface area contributed by atoms with Gasteiger partial charge in [-0.15, -0.1) is 11.3 Å². The lowest BCUT2D eigenvalue weighted by Gasteiger charge is -2.07. The molecule has 0 spiro atoms. The van der Waals surface area contributed by atoms with Gasteiger partial charge >= 0.3 is 0 Å². The second-order valence-corrected chi connectivity index (χ2v) is 4.96. The monoisotopic (exact) mass is 287 g/mol. The highest BCUT2D eigenvalue weighted by atomic mass is 32.1. The molecule has 2 heterocycles. The first kappa shape index (κ1) is 12.6. The molecule has 0 atom stereocenters. The second-order valence-electron chi connectivity index (χ2n) is 4.10. The Morgan fingerprint density at radius 1 is 1.35 bits per heavy atom. The quantitative estimate of drug-likeness (QED) is 0.715. The number of furan rings is 1. The molecule has 6 heteroatoms. The van der Waals surface area contributed by atoms with Crippen LogP contribution in [0.3, 0.4) is 0 Å². The van der Waals surface area contributed by atoms with Crippen molar-refractivity contribution < 1.29 is 9.15 Å². The molecule has 0 unspecified atom stereocenters. The van der Waals surface area contributed by atoms with Crippen LogP contribution in [0.15, 0.2) is 46.4 Å². The molecule has 0 aliphatic rings. The number of hydrogen-bond donors (Lipinski definition) is 2. The molecule has 0 bridgehead atoms. The van der Waals surface area contributed by atoms with Crippen molar-refractivity contribution in [2.75, 3.05) is 18.2 Å². The average molecular weight is 287 g/mol. The minimum atomic E-state index is 0.584. The zero-order valence-electron chi connectivity index (χ0n) is 10.8. The van der Waals surface area contributed by atoms with Crippen LogP contribution in [0, 0.1) is 0 Å². The van der Waals surface area contributed by atoms with Gasteiger partial charge < -0.3 is 20.2 Å². The fourth-order valence-electron chi connectivity index (χ4n) is 1.80. The lowest BCUT2D eigenvalue weighted by molar-refractivity contribution is 0.417. The van der Waals surface area contributed by atoms with Crippen molar-refractivity contribution in [3.63, 3.8) is 0 Å². The lowest BCUT2D eigenvalue weighted by Crippen LogP contribution is -1.95. The van der Waals surface area contributed by atoms with Crippen LogP contribution in [-0.2, 0) is 0 Å². The van der Waals surface area contributed by atoms with Crippen molar-refractivity contribution in [1.82, 2.24) is 4.98 Å². The van der Waals surface area contributed by atoms with E-state index in [0.29, 0.717) is 11.4 Å². The number of nitrogens with zero attached hydrogens (tertiary/aromatic N) is 1. The van der Waals surface area contributed by atoms with Crippen molar-refractivity contribution in [2.45, 2.75) is 0 Å². The Labute approximate surface area is 120 Å². The minimum Gasteiger partial charge on any atom is -0.495 e. The summed E-state index contributed by atoms with van der Waals surface area (Å²) in [4.78, 5) is 4.46. The van der Waals surface area contributed by atoms with E-state index in [2.05, 4.69) is 10.3 Å². The summed E-state index contributed by atoms with van der Waals surface area (Å²) in [6.07, 6.45) is 1.63. The molecule has 0 aliphatic carbocycles. The zero-order valence-corrected chi connectivity index (χ0v) is 11.6. The van der Waals surface area contributed by atoms with Gasteiger partial charge in [-0.2, -0.15) is 0 Å². The molecule has 5 nitrogen and oxygen atoms in total. The van der Waals surface area contributed by atoms with Crippen LogP contribution in [0.1, 0.15) is 0 Å². The number of methoxy groups -OCH3 is 1. The molecule has 0 saturated carbocycles. The predicted octanol–water partition coefficient (Wildman–Crippen LogP) is 3.74. The molecular weight excluding hydrogens is 274 g/mol. The van der Waals surface area contributed by atoms with E-state index in [-0.39, 0.29) is 0 Å². The van der Waals surface area contributed by atoms with E-state index >= 15 is 0 Å². The third-order valence-electron chi connectivity index (χ3n) is 2.76. The van der Waals surface area contributed by atoms with Crippen LogP contribution in [-0.4, -0.2) is 12.1 Å². The van der Waals surface area contributed by atoms with E-state index in [1.54, 1.807) is 13.4 Å². The first-order valence-corrected chi connectivity index (χ1v) is 6.84. The molecule has 20 heavy (non-hydrogen) atoms. The minimum absolute atomic E-state index is 0.584. The number of ether oxygens (including phenoxy) is 1. The van der Waals surface area contributed by atoms with Gasteiger partial charge in [0.25, 0.3) is 0 Å². The number of anilines is 3. The summed E-state index contributed by atoms with van der Waals surface area (Å²) in [5, 5.41) is 5.93. The van der Waals surface area contributed by atoms with Gasteiger partial charge in [0.15, 0.2) is 10.9 Å². The van der Waals surface area contributed by atoms with E-state index in [1.807, 2.05) is 35.7 Å². The molecule has 0 fully saturated rings. The van der Waals surface area contributed by atoms with E-state index in [4.69, 9.17) is 14.9 Å². The Balaban J connectivity index is 1.80. The maximum absolute atomic E-state index is 5.87. The smallest absolute Gasteiger partial charge is 0.187 e. The molecule has 3 rings (SSSR count). The number of rotatable bonds is 4. The summed E-state index contributed by atoms with van der Waals surface area (Å²) < 4.78 is 10.4. The largest absolute Gasteiger partial charge is 0.495 e. The van der Waals surface area contributed by atoms with Gasteiger partial charge in [-0.25, -0.2) is 4.98 Å². The van der Waals surface area contributed by atoms with Crippen LogP contribution in [0.2, 0.25) is 0 Å². The lowest BCUT2D eigenvalue weighted by atomic mass is 10.2. The molecule has 0 radical (unpaired) electrons.